The summed E-state index contributed by atoms with van der Waals surface area (Å²) in [5, 5.41) is 0.513. The van der Waals surface area contributed by atoms with Crippen molar-refractivity contribution in [1.82, 2.24) is 0 Å². The van der Waals surface area contributed by atoms with Crippen molar-refractivity contribution in [1.29, 1.82) is 0 Å². The van der Waals surface area contributed by atoms with Gasteiger partial charge in [0.2, 0.25) is 0 Å². The van der Waals surface area contributed by atoms with E-state index >= 15 is 0 Å². The van der Waals surface area contributed by atoms with Crippen LogP contribution in [0.15, 0.2) is 23.2 Å². The van der Waals surface area contributed by atoms with Gasteiger partial charge < -0.3 is 15.2 Å². The number of nitrogens with two attached hydrogens (primary N) is 1. The zero-order valence-corrected chi connectivity index (χ0v) is 12.8. The molecule has 0 radical (unpaired) electrons. The highest BCUT2D eigenvalue weighted by atomic mass is 79.9. The molecule has 1 aromatic rings. The van der Waals surface area contributed by atoms with E-state index in [1.807, 2.05) is 19.1 Å². The molecule has 0 aliphatic carbocycles. The molecule has 1 rings (SSSR count). The Balaban J connectivity index is 3.00. The molecule has 0 heterocycles. The molecule has 0 aromatic heterocycles. The minimum absolute atomic E-state index is 0.0693. The van der Waals surface area contributed by atoms with E-state index in [1.165, 1.54) is 0 Å². The molecule has 1 atom stereocenters. The number of rotatable bonds is 6. The standard InChI is InChI=1S/C13H17BrClNO2/c1-8(14)7-18-13-11(15)5-10(4-9(2)16)6-12(13)17-3/h5-6,9H,1,4,7,16H2,2-3H3. The summed E-state index contributed by atoms with van der Waals surface area (Å²) >= 11 is 9.42. The molecule has 0 spiro atoms. The number of ether oxygens (including phenoxy) is 2. The number of hydrogen-bond donors (Lipinski definition) is 1. The highest BCUT2D eigenvalue weighted by molar-refractivity contribution is 9.11. The molecule has 0 saturated carbocycles. The summed E-state index contributed by atoms with van der Waals surface area (Å²) in [6.07, 6.45) is 0.738. The average Bonchev–Trinajstić information content (AvgIpc) is 2.25. The second kappa shape index (κ2) is 7.02. The highest BCUT2D eigenvalue weighted by Gasteiger charge is 2.13. The van der Waals surface area contributed by atoms with Crippen molar-refractivity contribution in [3.05, 3.63) is 33.8 Å². The summed E-state index contributed by atoms with van der Waals surface area (Å²) in [5.41, 5.74) is 6.79. The smallest absolute Gasteiger partial charge is 0.180 e. The predicted octanol–water partition coefficient (Wildman–Crippen LogP) is 3.53. The largest absolute Gasteiger partial charge is 0.493 e. The van der Waals surface area contributed by atoms with E-state index in [0.29, 0.717) is 23.1 Å². The maximum Gasteiger partial charge on any atom is 0.180 e. The molecule has 100 valence electrons. The van der Waals surface area contributed by atoms with Gasteiger partial charge >= 0.3 is 0 Å². The summed E-state index contributed by atoms with van der Waals surface area (Å²) in [5.74, 6) is 1.13. The summed E-state index contributed by atoms with van der Waals surface area (Å²) in [6.45, 7) is 5.98. The van der Waals surface area contributed by atoms with E-state index in [0.717, 1.165) is 16.5 Å². The first-order valence-corrected chi connectivity index (χ1v) is 6.69. The Morgan fingerprint density at radius 1 is 1.56 bits per heavy atom. The van der Waals surface area contributed by atoms with Crippen LogP contribution >= 0.6 is 27.5 Å². The molecule has 3 nitrogen and oxygen atoms in total. The molecule has 1 aromatic carbocycles. The lowest BCUT2D eigenvalue weighted by Gasteiger charge is -2.14. The number of hydrogen-bond acceptors (Lipinski definition) is 3. The summed E-state index contributed by atoms with van der Waals surface area (Å²) < 4.78 is 11.6. The van der Waals surface area contributed by atoms with Crippen molar-refractivity contribution >= 4 is 27.5 Å². The second-order valence-electron chi connectivity index (χ2n) is 4.10. The third kappa shape index (κ3) is 4.52. The van der Waals surface area contributed by atoms with Gasteiger partial charge in [0.1, 0.15) is 6.61 Å². The van der Waals surface area contributed by atoms with E-state index < -0.39 is 0 Å². The fourth-order valence-electron chi connectivity index (χ4n) is 1.55. The number of benzene rings is 1. The highest BCUT2D eigenvalue weighted by Crippen LogP contribution is 2.37. The summed E-state index contributed by atoms with van der Waals surface area (Å²) in [4.78, 5) is 0. The van der Waals surface area contributed by atoms with Crippen LogP contribution in [0.5, 0.6) is 11.5 Å². The first-order valence-electron chi connectivity index (χ1n) is 5.52. The molecule has 0 saturated heterocycles. The average molecular weight is 335 g/mol. The van der Waals surface area contributed by atoms with Gasteiger partial charge in [-0.1, -0.05) is 34.1 Å². The van der Waals surface area contributed by atoms with Crippen molar-refractivity contribution in [2.45, 2.75) is 19.4 Å². The molecule has 0 aliphatic rings. The molecule has 1 unspecified atom stereocenters. The van der Waals surface area contributed by atoms with Gasteiger partial charge in [0.25, 0.3) is 0 Å². The molecule has 18 heavy (non-hydrogen) atoms. The van der Waals surface area contributed by atoms with Crippen LogP contribution in [0.2, 0.25) is 5.02 Å². The Bertz CT molecular complexity index is 435. The second-order valence-corrected chi connectivity index (χ2v) is 5.63. The van der Waals surface area contributed by atoms with Gasteiger partial charge in [-0.15, -0.1) is 0 Å². The fourth-order valence-corrected chi connectivity index (χ4v) is 1.96. The van der Waals surface area contributed by atoms with Crippen LogP contribution in [-0.2, 0) is 6.42 Å². The minimum atomic E-state index is 0.0693. The summed E-state index contributed by atoms with van der Waals surface area (Å²) in [6, 6.07) is 3.81. The molecule has 2 N–H and O–H groups in total. The van der Waals surface area contributed by atoms with Crippen molar-refractivity contribution in [3.8, 4) is 11.5 Å². The normalized spacial score (nSPS) is 12.1. The monoisotopic (exact) mass is 333 g/mol. The van der Waals surface area contributed by atoms with Gasteiger partial charge in [0.05, 0.1) is 12.1 Å². The van der Waals surface area contributed by atoms with E-state index in [4.69, 9.17) is 26.8 Å². The molecule has 0 fully saturated rings. The predicted molar refractivity (Wildman–Crippen MR) is 78.9 cm³/mol. The van der Waals surface area contributed by atoms with Gasteiger partial charge in [0.15, 0.2) is 11.5 Å². The lowest BCUT2D eigenvalue weighted by molar-refractivity contribution is 0.325. The molecule has 5 heteroatoms. The molecule has 0 bridgehead atoms. The first kappa shape index (κ1) is 15.3. The van der Waals surface area contributed by atoms with E-state index in [2.05, 4.69) is 22.5 Å². The SMILES string of the molecule is C=C(Br)COc1c(Cl)cc(CC(C)N)cc1OC. The van der Waals surface area contributed by atoms with Gasteiger partial charge in [-0.3, -0.25) is 0 Å². The van der Waals surface area contributed by atoms with Crippen LogP contribution in [0, 0.1) is 0 Å². The fraction of sp³-hybridized carbons (Fsp3) is 0.385. The van der Waals surface area contributed by atoms with E-state index in [1.54, 1.807) is 7.11 Å². The molecular weight excluding hydrogens is 318 g/mol. The molecule has 0 aliphatic heterocycles. The van der Waals surface area contributed by atoms with Crippen LogP contribution in [0.1, 0.15) is 12.5 Å². The quantitative estimate of drug-likeness (QED) is 0.865. The van der Waals surface area contributed by atoms with Crippen LogP contribution in [0.4, 0.5) is 0 Å². The van der Waals surface area contributed by atoms with Gasteiger partial charge in [-0.25, -0.2) is 0 Å². The van der Waals surface area contributed by atoms with E-state index in [9.17, 15) is 0 Å². The van der Waals surface area contributed by atoms with Gasteiger partial charge in [-0.05, 0) is 31.0 Å². The third-order valence-corrected chi connectivity index (χ3v) is 2.73. The first-order chi connectivity index (χ1) is 8.43. The van der Waals surface area contributed by atoms with Crippen molar-refractivity contribution in [3.63, 3.8) is 0 Å². The minimum Gasteiger partial charge on any atom is -0.493 e. The topological polar surface area (TPSA) is 44.5 Å². The zero-order chi connectivity index (χ0) is 13.7. The number of halogens is 2. The van der Waals surface area contributed by atoms with Gasteiger partial charge in [0, 0.05) is 10.5 Å². The van der Waals surface area contributed by atoms with Crippen LogP contribution in [0.3, 0.4) is 0 Å². The Morgan fingerprint density at radius 3 is 2.72 bits per heavy atom. The van der Waals surface area contributed by atoms with Crippen molar-refractivity contribution in [2.24, 2.45) is 5.73 Å². The number of methoxy groups -OCH3 is 1. The zero-order valence-electron chi connectivity index (χ0n) is 10.5. The maximum atomic E-state index is 6.19. The lowest BCUT2D eigenvalue weighted by Crippen LogP contribution is -2.17. The Labute approximate surface area is 121 Å². The third-order valence-electron chi connectivity index (χ3n) is 2.22. The van der Waals surface area contributed by atoms with Crippen molar-refractivity contribution < 1.29 is 9.47 Å². The molecular formula is C13H17BrClNO2. The van der Waals surface area contributed by atoms with E-state index in [-0.39, 0.29) is 6.04 Å². The Morgan fingerprint density at radius 2 is 2.22 bits per heavy atom. The summed E-state index contributed by atoms with van der Waals surface area (Å²) in [7, 11) is 1.58. The van der Waals surface area contributed by atoms with Crippen LogP contribution in [-0.4, -0.2) is 19.8 Å². The van der Waals surface area contributed by atoms with Gasteiger partial charge in [-0.2, -0.15) is 0 Å². The Kier molecular flexibility index (Phi) is 5.99. The Hall–Kier alpha value is -0.710. The van der Waals surface area contributed by atoms with Crippen LogP contribution in [0.25, 0.3) is 0 Å². The van der Waals surface area contributed by atoms with Crippen LogP contribution < -0.4 is 15.2 Å². The maximum absolute atomic E-state index is 6.19. The lowest BCUT2D eigenvalue weighted by atomic mass is 10.1. The molecule has 0 amide bonds. The van der Waals surface area contributed by atoms with Crippen molar-refractivity contribution in [2.75, 3.05) is 13.7 Å².